The van der Waals surface area contributed by atoms with Crippen LogP contribution in [-0.2, 0) is 9.47 Å². The zero-order valence-electron chi connectivity index (χ0n) is 23.0. The molecule has 8 heteroatoms. The molecule has 0 bridgehead atoms. The Morgan fingerprint density at radius 2 is 1.34 bits per heavy atom. The molecule has 0 aliphatic heterocycles. The number of methoxy groups -OCH3 is 2. The van der Waals surface area contributed by atoms with Crippen LogP contribution in [0.15, 0.2) is 91.0 Å². The highest BCUT2D eigenvalue weighted by Crippen LogP contribution is 2.39. The van der Waals surface area contributed by atoms with E-state index in [1.807, 2.05) is 60.9 Å². The van der Waals surface area contributed by atoms with Gasteiger partial charge in [-0.05, 0) is 98.3 Å². The minimum Gasteiger partial charge on any atom is -0.491 e. The quantitative estimate of drug-likeness (QED) is 0.176. The molecule has 5 rings (SSSR count). The summed E-state index contributed by atoms with van der Waals surface area (Å²) < 4.78 is 24.0. The van der Waals surface area contributed by atoms with Crippen LogP contribution >= 0.6 is 11.6 Å². The molecule has 0 unspecified atom stereocenters. The van der Waals surface area contributed by atoms with Crippen molar-refractivity contribution < 1.29 is 28.5 Å². The lowest BCUT2D eigenvalue weighted by Gasteiger charge is -2.15. The molecule has 0 aliphatic carbocycles. The van der Waals surface area contributed by atoms with Crippen LogP contribution in [-0.4, -0.2) is 36.8 Å². The van der Waals surface area contributed by atoms with Crippen LogP contribution in [0.25, 0.3) is 27.8 Å². The summed E-state index contributed by atoms with van der Waals surface area (Å²) in [4.78, 5) is 25.5. The van der Waals surface area contributed by atoms with Gasteiger partial charge in [0.1, 0.15) is 17.2 Å². The van der Waals surface area contributed by atoms with E-state index < -0.39 is 11.9 Å². The molecule has 0 radical (unpaired) electrons. The maximum Gasteiger partial charge on any atom is 0.340 e. The summed E-state index contributed by atoms with van der Waals surface area (Å²) in [6.45, 7) is 3.94. The molecule has 0 saturated carbocycles. The second-order valence-corrected chi connectivity index (χ2v) is 9.95. The van der Waals surface area contributed by atoms with E-state index in [0.29, 0.717) is 44.3 Å². The molecule has 0 saturated heterocycles. The second kappa shape index (κ2) is 11.8. The van der Waals surface area contributed by atoms with Crippen molar-refractivity contribution in [3.05, 3.63) is 107 Å². The van der Waals surface area contributed by atoms with Gasteiger partial charge in [-0.25, -0.2) is 9.59 Å². The first kappa shape index (κ1) is 27.8. The SMILES string of the molecule is COC(=O)c1ccc(-c2c(C(=O)OC)c3cc(Oc4ccc(Cl)cc4)ccc3n2-c2ccc(OC(C)C)cc2)cc1. The largest absolute Gasteiger partial charge is 0.491 e. The van der Waals surface area contributed by atoms with E-state index in [4.69, 9.17) is 30.5 Å². The number of aromatic nitrogens is 1. The highest BCUT2D eigenvalue weighted by atomic mass is 35.5. The third-order valence-electron chi connectivity index (χ3n) is 6.42. The maximum atomic E-state index is 13.4. The zero-order chi connectivity index (χ0) is 29.1. The Bertz CT molecular complexity index is 1700. The standard InChI is InChI=1S/C33H28ClNO6/c1-20(2)40-25-15-11-24(12-16-25)35-29-18-17-27(41-26-13-9-23(34)10-14-26)19-28(29)30(33(37)39-4)31(35)21-5-7-22(8-6-21)32(36)38-3/h5-20H,1-4H3. The fourth-order valence-corrected chi connectivity index (χ4v) is 4.78. The fraction of sp³-hybridized carbons (Fsp3) is 0.152. The molecule has 1 heterocycles. The number of carbonyl (C=O) groups is 2. The zero-order valence-corrected chi connectivity index (χ0v) is 23.8. The van der Waals surface area contributed by atoms with Crippen LogP contribution in [0.4, 0.5) is 0 Å². The molecule has 4 aromatic carbocycles. The number of fused-ring (bicyclic) bond motifs is 1. The summed E-state index contributed by atoms with van der Waals surface area (Å²) in [5, 5.41) is 1.24. The van der Waals surface area contributed by atoms with Crippen molar-refractivity contribution in [3.63, 3.8) is 0 Å². The number of esters is 2. The molecular weight excluding hydrogens is 542 g/mol. The molecular formula is C33H28ClNO6. The van der Waals surface area contributed by atoms with E-state index in [2.05, 4.69) is 0 Å². The van der Waals surface area contributed by atoms with E-state index in [9.17, 15) is 9.59 Å². The summed E-state index contributed by atoms with van der Waals surface area (Å²) in [5.41, 5.74) is 3.63. The molecule has 0 spiro atoms. The van der Waals surface area contributed by atoms with E-state index in [0.717, 1.165) is 17.0 Å². The van der Waals surface area contributed by atoms with Crippen molar-refractivity contribution in [1.82, 2.24) is 4.57 Å². The highest BCUT2D eigenvalue weighted by Gasteiger charge is 2.26. The van der Waals surface area contributed by atoms with Gasteiger partial charge in [0.2, 0.25) is 0 Å². The summed E-state index contributed by atoms with van der Waals surface area (Å²) >= 11 is 6.03. The van der Waals surface area contributed by atoms with Crippen molar-refractivity contribution in [2.24, 2.45) is 0 Å². The Morgan fingerprint density at radius 1 is 0.732 bits per heavy atom. The van der Waals surface area contributed by atoms with Gasteiger partial charge >= 0.3 is 11.9 Å². The van der Waals surface area contributed by atoms with Crippen LogP contribution < -0.4 is 9.47 Å². The molecule has 0 aliphatic rings. The molecule has 208 valence electrons. The Kier molecular flexibility index (Phi) is 7.99. The van der Waals surface area contributed by atoms with Crippen molar-refractivity contribution in [3.8, 4) is 34.2 Å². The Balaban J connectivity index is 1.74. The Labute approximate surface area is 242 Å². The molecule has 0 atom stereocenters. The molecule has 1 aromatic heterocycles. The van der Waals surface area contributed by atoms with E-state index in [1.54, 1.807) is 48.5 Å². The average Bonchev–Trinajstić information content (AvgIpc) is 3.32. The number of hydrogen-bond acceptors (Lipinski definition) is 6. The minimum atomic E-state index is -0.510. The van der Waals surface area contributed by atoms with Crippen molar-refractivity contribution in [2.45, 2.75) is 20.0 Å². The number of carbonyl (C=O) groups excluding carboxylic acids is 2. The first-order valence-electron chi connectivity index (χ1n) is 12.9. The normalized spacial score (nSPS) is 11.0. The average molecular weight is 570 g/mol. The number of nitrogens with zero attached hydrogens (tertiary/aromatic N) is 1. The summed E-state index contributed by atoms with van der Waals surface area (Å²) in [6.07, 6.45) is 0.0298. The molecule has 5 aromatic rings. The smallest absolute Gasteiger partial charge is 0.340 e. The summed E-state index contributed by atoms with van der Waals surface area (Å²) in [5.74, 6) is 0.915. The van der Waals surface area contributed by atoms with Crippen LogP contribution in [0.2, 0.25) is 5.02 Å². The Morgan fingerprint density at radius 3 is 1.95 bits per heavy atom. The van der Waals surface area contributed by atoms with Gasteiger partial charge in [-0.1, -0.05) is 23.7 Å². The van der Waals surface area contributed by atoms with Crippen molar-refractivity contribution in [1.29, 1.82) is 0 Å². The first-order valence-corrected chi connectivity index (χ1v) is 13.3. The van der Waals surface area contributed by atoms with Gasteiger partial charge in [0.15, 0.2) is 0 Å². The van der Waals surface area contributed by atoms with Crippen molar-refractivity contribution in [2.75, 3.05) is 14.2 Å². The summed E-state index contributed by atoms with van der Waals surface area (Å²) in [6, 6.07) is 27.1. The molecule has 0 fully saturated rings. The van der Waals surface area contributed by atoms with Crippen LogP contribution in [0, 0.1) is 0 Å². The van der Waals surface area contributed by atoms with E-state index >= 15 is 0 Å². The Hall–Kier alpha value is -4.75. The number of halogens is 1. The lowest BCUT2D eigenvalue weighted by atomic mass is 10.0. The fourth-order valence-electron chi connectivity index (χ4n) is 4.65. The molecule has 0 N–H and O–H groups in total. The summed E-state index contributed by atoms with van der Waals surface area (Å²) in [7, 11) is 2.68. The third kappa shape index (κ3) is 5.76. The highest BCUT2D eigenvalue weighted by molar-refractivity contribution is 6.30. The van der Waals surface area contributed by atoms with Crippen molar-refractivity contribution >= 4 is 34.4 Å². The van der Waals surface area contributed by atoms with Gasteiger partial charge in [-0.15, -0.1) is 0 Å². The van der Waals surface area contributed by atoms with Gasteiger partial charge in [-0.3, -0.25) is 0 Å². The van der Waals surface area contributed by atoms with E-state index in [-0.39, 0.29) is 6.10 Å². The predicted octanol–water partition coefficient (Wildman–Crippen LogP) is 8.10. The van der Waals surface area contributed by atoms with Crippen LogP contribution in [0.5, 0.6) is 17.2 Å². The molecule has 0 amide bonds. The number of ether oxygens (including phenoxy) is 4. The number of rotatable bonds is 8. The predicted molar refractivity (Wildman–Crippen MR) is 159 cm³/mol. The number of benzene rings is 4. The molecule has 7 nitrogen and oxygen atoms in total. The maximum absolute atomic E-state index is 13.4. The van der Waals surface area contributed by atoms with Crippen LogP contribution in [0.3, 0.4) is 0 Å². The van der Waals surface area contributed by atoms with E-state index in [1.165, 1.54) is 14.2 Å². The lowest BCUT2D eigenvalue weighted by Crippen LogP contribution is -2.06. The number of hydrogen-bond donors (Lipinski definition) is 0. The third-order valence-corrected chi connectivity index (χ3v) is 6.68. The minimum absolute atomic E-state index is 0.0298. The van der Waals surface area contributed by atoms with Gasteiger partial charge in [0.25, 0.3) is 0 Å². The van der Waals surface area contributed by atoms with Gasteiger partial charge in [-0.2, -0.15) is 0 Å². The second-order valence-electron chi connectivity index (χ2n) is 9.51. The van der Waals surface area contributed by atoms with Gasteiger partial charge in [0.05, 0.1) is 42.7 Å². The van der Waals surface area contributed by atoms with Crippen LogP contribution in [0.1, 0.15) is 34.6 Å². The van der Waals surface area contributed by atoms with Gasteiger partial charge in [0, 0.05) is 16.1 Å². The topological polar surface area (TPSA) is 76.0 Å². The monoisotopic (exact) mass is 569 g/mol. The lowest BCUT2D eigenvalue weighted by molar-refractivity contribution is 0.0593. The van der Waals surface area contributed by atoms with Gasteiger partial charge < -0.3 is 23.5 Å². The molecule has 41 heavy (non-hydrogen) atoms. The first-order chi connectivity index (χ1) is 19.8.